The van der Waals surface area contributed by atoms with Gasteiger partial charge in [0.1, 0.15) is 6.33 Å². The van der Waals surface area contributed by atoms with Crippen LogP contribution in [0.4, 0.5) is 28.7 Å². The van der Waals surface area contributed by atoms with Gasteiger partial charge in [-0.3, -0.25) is 20.5 Å². The van der Waals surface area contributed by atoms with Crippen LogP contribution in [-0.2, 0) is 0 Å². The maximum Gasteiger partial charge on any atom is 0.355 e. The van der Waals surface area contributed by atoms with Gasteiger partial charge in [-0.2, -0.15) is 0 Å². The first-order valence-electron chi connectivity index (χ1n) is 10.8. The fraction of sp³-hybridized carbons (Fsp3) is 0.333. The van der Waals surface area contributed by atoms with E-state index in [-0.39, 0.29) is 11.5 Å². The summed E-state index contributed by atoms with van der Waals surface area (Å²) in [5.74, 6) is 1.12. The minimum atomic E-state index is -0.403. The van der Waals surface area contributed by atoms with Gasteiger partial charge in [0, 0.05) is 13.1 Å². The smallest absolute Gasteiger partial charge is 0.350 e. The molecular formula is C24H30N6O2. The number of hydrogen-bond donors (Lipinski definition) is 1. The van der Waals surface area contributed by atoms with Crippen LogP contribution in [0.1, 0.15) is 27.7 Å². The van der Waals surface area contributed by atoms with E-state index in [0.717, 1.165) is 11.4 Å². The Morgan fingerprint density at radius 2 is 1.38 bits per heavy atom. The molecule has 0 bridgehead atoms. The van der Waals surface area contributed by atoms with Crippen molar-refractivity contribution in [3.8, 4) is 0 Å². The molecule has 0 atom stereocenters. The van der Waals surface area contributed by atoms with Gasteiger partial charge in [-0.25, -0.2) is 9.97 Å². The molecule has 168 valence electrons. The summed E-state index contributed by atoms with van der Waals surface area (Å²) in [6.45, 7) is 9.68. The molecule has 0 spiro atoms. The van der Waals surface area contributed by atoms with E-state index in [1.807, 2.05) is 65.6 Å². The molecule has 0 amide bonds. The van der Waals surface area contributed by atoms with Gasteiger partial charge in [-0.15, -0.1) is 0 Å². The average molecular weight is 435 g/mol. The van der Waals surface area contributed by atoms with Gasteiger partial charge in [-0.05, 0) is 36.1 Å². The van der Waals surface area contributed by atoms with Crippen molar-refractivity contribution in [1.29, 1.82) is 0 Å². The molecule has 1 N–H and O–H groups in total. The lowest BCUT2D eigenvalue weighted by atomic mass is 10.1. The maximum atomic E-state index is 12.2. The third-order valence-corrected chi connectivity index (χ3v) is 4.70. The Kier molecular flexibility index (Phi) is 7.59. The quantitative estimate of drug-likeness (QED) is 0.325. The third kappa shape index (κ3) is 5.72. The van der Waals surface area contributed by atoms with Crippen LogP contribution in [0.3, 0.4) is 0 Å². The van der Waals surface area contributed by atoms with Crippen molar-refractivity contribution < 1.29 is 4.92 Å². The zero-order valence-corrected chi connectivity index (χ0v) is 19.0. The van der Waals surface area contributed by atoms with Crippen LogP contribution < -0.4 is 15.3 Å². The summed E-state index contributed by atoms with van der Waals surface area (Å²) in [5, 5.41) is 14.0. The Balaban J connectivity index is 2.08. The van der Waals surface area contributed by atoms with Crippen LogP contribution in [0.25, 0.3) is 0 Å². The minimum Gasteiger partial charge on any atom is -0.350 e. The number of hydrogen-bond acceptors (Lipinski definition) is 7. The van der Waals surface area contributed by atoms with Crippen molar-refractivity contribution in [3.05, 3.63) is 77.1 Å². The average Bonchev–Trinajstić information content (AvgIpc) is 2.77. The second-order valence-corrected chi connectivity index (χ2v) is 8.46. The predicted molar refractivity (Wildman–Crippen MR) is 129 cm³/mol. The highest BCUT2D eigenvalue weighted by Crippen LogP contribution is 2.35. The fourth-order valence-electron chi connectivity index (χ4n) is 3.52. The lowest BCUT2D eigenvalue weighted by molar-refractivity contribution is -0.383. The molecule has 3 rings (SSSR count). The molecule has 1 heterocycles. The Morgan fingerprint density at radius 3 is 1.81 bits per heavy atom. The van der Waals surface area contributed by atoms with Gasteiger partial charge in [0.25, 0.3) is 0 Å². The van der Waals surface area contributed by atoms with E-state index in [2.05, 4.69) is 43.1 Å². The zero-order chi connectivity index (χ0) is 23.1. The number of nitro groups is 1. The van der Waals surface area contributed by atoms with Crippen LogP contribution >= 0.6 is 0 Å². The van der Waals surface area contributed by atoms with Crippen molar-refractivity contribution in [2.24, 2.45) is 11.8 Å². The Labute approximate surface area is 189 Å². The van der Waals surface area contributed by atoms with Crippen molar-refractivity contribution in [2.45, 2.75) is 27.7 Å². The normalized spacial score (nSPS) is 10.9. The van der Waals surface area contributed by atoms with Crippen molar-refractivity contribution in [3.63, 3.8) is 0 Å². The van der Waals surface area contributed by atoms with Crippen molar-refractivity contribution >= 4 is 28.7 Å². The topological polar surface area (TPSA) is 87.4 Å². The summed E-state index contributed by atoms with van der Waals surface area (Å²) in [4.78, 5) is 22.4. The molecule has 0 saturated heterocycles. The highest BCUT2D eigenvalue weighted by atomic mass is 16.6. The molecule has 0 unspecified atom stereocenters. The monoisotopic (exact) mass is 434 g/mol. The number of nitrogens with zero attached hydrogens (tertiary/aromatic N) is 5. The maximum absolute atomic E-state index is 12.2. The summed E-state index contributed by atoms with van der Waals surface area (Å²) in [6.07, 6.45) is 1.38. The molecule has 8 nitrogen and oxygen atoms in total. The largest absolute Gasteiger partial charge is 0.355 e. The third-order valence-electron chi connectivity index (χ3n) is 4.70. The van der Waals surface area contributed by atoms with Gasteiger partial charge >= 0.3 is 5.69 Å². The molecule has 0 aliphatic rings. The molecule has 0 aliphatic carbocycles. The Bertz CT molecular complexity index is 962. The Morgan fingerprint density at radius 1 is 0.875 bits per heavy atom. The number of hydrazine groups is 1. The standard InChI is InChI=1S/C24H30N6O2/c1-18(2)15-28(16-19(3)4)24-22(30(31)32)23(25-17-26-24)27-29(20-11-7-5-8-12-20)21-13-9-6-10-14-21/h5-14,17-19H,15-16H2,1-4H3,(H,25,26,27). The molecule has 0 fully saturated rings. The molecule has 1 aromatic heterocycles. The first-order valence-corrected chi connectivity index (χ1v) is 10.8. The lowest BCUT2D eigenvalue weighted by Crippen LogP contribution is -2.33. The van der Waals surface area contributed by atoms with Crippen LogP contribution in [-0.4, -0.2) is 28.0 Å². The summed E-state index contributed by atoms with van der Waals surface area (Å²) in [7, 11) is 0. The lowest BCUT2D eigenvalue weighted by Gasteiger charge is -2.29. The molecular weight excluding hydrogens is 404 g/mol. The number of aromatic nitrogens is 2. The highest BCUT2D eigenvalue weighted by Gasteiger charge is 2.29. The SMILES string of the molecule is CC(C)CN(CC(C)C)c1ncnc(NN(c2ccccc2)c2ccccc2)c1[N+](=O)[O-]. The number of para-hydroxylation sites is 2. The molecule has 0 aliphatic heterocycles. The highest BCUT2D eigenvalue weighted by molar-refractivity contribution is 5.75. The van der Waals surface area contributed by atoms with Gasteiger partial charge in [0.2, 0.25) is 11.6 Å². The second-order valence-electron chi connectivity index (χ2n) is 8.46. The summed E-state index contributed by atoms with van der Waals surface area (Å²) < 4.78 is 0. The fourth-order valence-corrected chi connectivity index (χ4v) is 3.52. The van der Waals surface area contributed by atoms with Gasteiger partial charge in [0.05, 0.1) is 16.3 Å². The molecule has 32 heavy (non-hydrogen) atoms. The minimum absolute atomic E-state index is 0.134. The summed E-state index contributed by atoms with van der Waals surface area (Å²) >= 11 is 0. The summed E-state index contributed by atoms with van der Waals surface area (Å²) in [5.41, 5.74) is 4.70. The van der Waals surface area contributed by atoms with E-state index in [4.69, 9.17) is 0 Å². The molecule has 0 radical (unpaired) electrons. The van der Waals surface area contributed by atoms with Gasteiger partial charge in [0.15, 0.2) is 0 Å². The van der Waals surface area contributed by atoms with E-state index < -0.39 is 4.92 Å². The summed E-state index contributed by atoms with van der Waals surface area (Å²) in [6, 6.07) is 19.2. The zero-order valence-electron chi connectivity index (χ0n) is 19.0. The Hall–Kier alpha value is -3.68. The van der Waals surface area contributed by atoms with E-state index in [1.165, 1.54) is 6.33 Å². The van der Waals surface area contributed by atoms with E-state index >= 15 is 0 Å². The van der Waals surface area contributed by atoms with Gasteiger partial charge in [-0.1, -0.05) is 64.1 Å². The second kappa shape index (κ2) is 10.6. The van der Waals surface area contributed by atoms with Crippen LogP contribution in [0, 0.1) is 22.0 Å². The van der Waals surface area contributed by atoms with Crippen LogP contribution in [0.2, 0.25) is 0 Å². The molecule has 3 aromatic rings. The first-order chi connectivity index (χ1) is 15.4. The van der Waals surface area contributed by atoms with E-state index in [0.29, 0.717) is 30.7 Å². The van der Waals surface area contributed by atoms with Gasteiger partial charge < -0.3 is 4.90 Å². The molecule has 0 saturated carbocycles. The van der Waals surface area contributed by atoms with Crippen molar-refractivity contribution in [2.75, 3.05) is 28.4 Å². The molecule has 8 heteroatoms. The predicted octanol–water partition coefficient (Wildman–Crippen LogP) is 5.67. The number of rotatable bonds is 10. The van der Waals surface area contributed by atoms with E-state index in [9.17, 15) is 10.1 Å². The van der Waals surface area contributed by atoms with Crippen molar-refractivity contribution in [1.82, 2.24) is 9.97 Å². The molecule has 2 aromatic carbocycles. The van der Waals surface area contributed by atoms with Crippen LogP contribution in [0.5, 0.6) is 0 Å². The first kappa shape index (κ1) is 23.0. The van der Waals surface area contributed by atoms with E-state index in [1.54, 1.807) is 5.01 Å². The number of benzene rings is 2. The van der Waals surface area contributed by atoms with Crippen LogP contribution in [0.15, 0.2) is 67.0 Å². The number of anilines is 4. The number of nitrogens with one attached hydrogen (secondary N) is 1.